The third-order valence-corrected chi connectivity index (χ3v) is 9.25. The standard InChI is InChI=1S/C17H26N4O3.C16H24N4O3/c1-11(2)19-17(23)20-8-6-13(7-9-20)21-15(12-4-5-12)14(10-18-21)16(22)24-3;1-10(2)18-16(23)19-7-5-12(6-8-19)20-14(11-3-4-11)13(9-17-20)15(21)22/h10-13H,4-9H2,1-3H3,(H,19,23);9-12H,3-8H2,1-2H3,(H,18,23)(H,21,22). The number of carboxylic acids is 1. The zero-order valence-corrected chi connectivity index (χ0v) is 28.3. The van der Waals surface area contributed by atoms with Gasteiger partial charge in [-0.05, 0) is 79.1 Å². The maximum Gasteiger partial charge on any atom is 0.341 e. The second-order valence-electron chi connectivity index (χ2n) is 13.8. The lowest BCUT2D eigenvalue weighted by molar-refractivity contribution is 0.0598. The molecule has 2 aliphatic heterocycles. The molecule has 2 aromatic rings. The van der Waals surface area contributed by atoms with Crippen molar-refractivity contribution in [2.24, 2.45) is 0 Å². The molecule has 4 amide bonds. The van der Waals surface area contributed by atoms with Crippen molar-refractivity contribution in [1.82, 2.24) is 40.0 Å². The molecule has 0 bridgehead atoms. The number of nitrogens with one attached hydrogen (secondary N) is 2. The fraction of sp³-hybridized carbons (Fsp3) is 0.697. The molecule has 47 heavy (non-hydrogen) atoms. The molecule has 6 rings (SSSR count). The van der Waals surface area contributed by atoms with Gasteiger partial charge in [-0.25, -0.2) is 19.2 Å². The summed E-state index contributed by atoms with van der Waals surface area (Å²) in [5.74, 6) is -0.446. The van der Waals surface area contributed by atoms with Crippen LogP contribution in [0, 0.1) is 0 Å². The van der Waals surface area contributed by atoms with Crippen molar-refractivity contribution in [3.8, 4) is 0 Å². The zero-order valence-electron chi connectivity index (χ0n) is 28.3. The number of nitrogens with zero attached hydrogens (tertiary/aromatic N) is 6. The van der Waals surface area contributed by atoms with Crippen molar-refractivity contribution in [2.45, 2.75) is 115 Å². The van der Waals surface area contributed by atoms with Crippen LogP contribution >= 0.6 is 0 Å². The summed E-state index contributed by atoms with van der Waals surface area (Å²) in [5.41, 5.74) is 2.84. The lowest BCUT2D eigenvalue weighted by Gasteiger charge is -2.33. The van der Waals surface area contributed by atoms with Crippen LogP contribution in [0.1, 0.15) is 135 Å². The second-order valence-corrected chi connectivity index (χ2v) is 13.8. The van der Waals surface area contributed by atoms with Gasteiger partial charge in [0.2, 0.25) is 0 Å². The lowest BCUT2D eigenvalue weighted by Crippen LogP contribution is -2.46. The Morgan fingerprint density at radius 3 is 1.43 bits per heavy atom. The summed E-state index contributed by atoms with van der Waals surface area (Å²) in [6, 6.07) is 0.675. The molecule has 14 nitrogen and oxygen atoms in total. The van der Waals surface area contributed by atoms with Crippen molar-refractivity contribution < 1.29 is 29.0 Å². The number of methoxy groups -OCH3 is 1. The van der Waals surface area contributed by atoms with Gasteiger partial charge in [-0.3, -0.25) is 9.36 Å². The van der Waals surface area contributed by atoms with Gasteiger partial charge >= 0.3 is 24.0 Å². The van der Waals surface area contributed by atoms with Gasteiger partial charge in [0.1, 0.15) is 11.1 Å². The number of likely N-dealkylation sites (tertiary alicyclic amines) is 2. The maximum atomic E-state index is 12.1. The molecular formula is C33H50N8O6. The number of rotatable bonds is 8. The van der Waals surface area contributed by atoms with Gasteiger partial charge in [-0.2, -0.15) is 10.2 Å². The molecule has 2 saturated heterocycles. The van der Waals surface area contributed by atoms with Crippen molar-refractivity contribution >= 4 is 24.0 Å². The van der Waals surface area contributed by atoms with Crippen LogP contribution in [0.25, 0.3) is 0 Å². The fourth-order valence-electron chi connectivity index (χ4n) is 6.59. The van der Waals surface area contributed by atoms with Crippen LogP contribution in [-0.4, -0.2) is 104 Å². The Hall–Kier alpha value is -4.10. The normalized spacial score (nSPS) is 19.0. The first-order chi connectivity index (χ1) is 22.5. The van der Waals surface area contributed by atoms with E-state index in [9.17, 15) is 24.3 Å². The first-order valence-electron chi connectivity index (χ1n) is 17.1. The summed E-state index contributed by atoms with van der Waals surface area (Å²) >= 11 is 0. The van der Waals surface area contributed by atoms with Gasteiger partial charge < -0.3 is 30.3 Å². The molecule has 2 saturated carbocycles. The molecule has 3 N–H and O–H groups in total. The third kappa shape index (κ3) is 8.25. The molecule has 4 aliphatic rings. The van der Waals surface area contributed by atoms with E-state index in [1.165, 1.54) is 13.3 Å². The number of carboxylic acid groups (broad SMARTS) is 1. The topological polar surface area (TPSA) is 164 Å². The van der Waals surface area contributed by atoms with Crippen molar-refractivity contribution in [2.75, 3.05) is 33.3 Å². The van der Waals surface area contributed by atoms with E-state index < -0.39 is 5.97 Å². The van der Waals surface area contributed by atoms with Crippen LogP contribution in [-0.2, 0) is 4.74 Å². The van der Waals surface area contributed by atoms with Crippen molar-refractivity contribution in [1.29, 1.82) is 0 Å². The lowest BCUT2D eigenvalue weighted by atomic mass is 10.0. The Morgan fingerprint density at radius 2 is 1.09 bits per heavy atom. The molecule has 4 fully saturated rings. The Labute approximate surface area is 276 Å². The molecule has 2 aliphatic carbocycles. The van der Waals surface area contributed by atoms with Crippen LogP contribution in [0.2, 0.25) is 0 Å². The van der Waals surface area contributed by atoms with Gasteiger partial charge in [0.15, 0.2) is 0 Å². The van der Waals surface area contributed by atoms with E-state index in [-0.39, 0.29) is 42.2 Å². The number of aromatic nitrogens is 4. The van der Waals surface area contributed by atoms with Crippen LogP contribution < -0.4 is 10.6 Å². The number of aromatic carboxylic acids is 1. The predicted octanol–water partition coefficient (Wildman–Crippen LogP) is 4.52. The first-order valence-corrected chi connectivity index (χ1v) is 17.1. The van der Waals surface area contributed by atoms with Gasteiger partial charge in [0.25, 0.3) is 0 Å². The minimum Gasteiger partial charge on any atom is -0.478 e. The van der Waals surface area contributed by atoms with Gasteiger partial charge in [-0.1, -0.05) is 0 Å². The fourth-order valence-corrected chi connectivity index (χ4v) is 6.59. The summed E-state index contributed by atoms with van der Waals surface area (Å²) < 4.78 is 8.82. The second kappa shape index (κ2) is 14.8. The molecule has 14 heteroatoms. The number of amides is 4. The average molecular weight is 655 g/mol. The Balaban J connectivity index is 0.000000185. The number of hydrogen-bond donors (Lipinski definition) is 3. The third-order valence-electron chi connectivity index (χ3n) is 9.25. The van der Waals surface area contributed by atoms with Crippen LogP contribution in [0.5, 0.6) is 0 Å². The van der Waals surface area contributed by atoms with E-state index >= 15 is 0 Å². The monoisotopic (exact) mass is 654 g/mol. The van der Waals surface area contributed by atoms with Crippen LogP contribution in [0.4, 0.5) is 9.59 Å². The number of esters is 1. The molecule has 0 unspecified atom stereocenters. The average Bonchev–Trinajstić information content (AvgIpc) is 3.98. The van der Waals surface area contributed by atoms with E-state index in [1.54, 1.807) is 6.20 Å². The van der Waals surface area contributed by atoms with E-state index in [0.717, 1.165) is 62.8 Å². The first kappa shape index (κ1) is 34.2. The summed E-state index contributed by atoms with van der Waals surface area (Å²) in [6.07, 6.45) is 10.7. The van der Waals surface area contributed by atoms with Crippen LogP contribution in [0.3, 0.4) is 0 Å². The van der Waals surface area contributed by atoms with Crippen molar-refractivity contribution in [3.63, 3.8) is 0 Å². The van der Waals surface area contributed by atoms with Crippen molar-refractivity contribution in [3.05, 3.63) is 34.9 Å². The molecule has 0 spiro atoms. The number of hydrogen-bond acceptors (Lipinski definition) is 7. The molecule has 0 radical (unpaired) electrons. The van der Waals surface area contributed by atoms with Gasteiger partial charge in [-0.15, -0.1) is 0 Å². The predicted molar refractivity (Wildman–Crippen MR) is 174 cm³/mol. The summed E-state index contributed by atoms with van der Waals surface area (Å²) in [6.45, 7) is 10.6. The highest BCUT2D eigenvalue weighted by Gasteiger charge is 2.37. The smallest absolute Gasteiger partial charge is 0.341 e. The highest BCUT2D eigenvalue weighted by atomic mass is 16.5. The van der Waals surface area contributed by atoms with E-state index in [0.29, 0.717) is 49.1 Å². The molecule has 4 heterocycles. The molecule has 0 aromatic carbocycles. The Kier molecular flexibility index (Phi) is 10.8. The van der Waals surface area contributed by atoms with Gasteiger partial charge in [0.05, 0.1) is 43.0 Å². The molecule has 2 aromatic heterocycles. The SMILES string of the molecule is CC(C)NC(=O)N1CCC(n2ncc(C(=O)O)c2C2CC2)CC1.COC(=O)c1cnn(C2CCN(C(=O)NC(C)C)CC2)c1C1CC1. The molecule has 0 atom stereocenters. The number of piperidine rings is 2. The molecule has 258 valence electrons. The Morgan fingerprint density at radius 1 is 0.702 bits per heavy atom. The van der Waals surface area contributed by atoms with E-state index in [2.05, 4.69) is 20.8 Å². The minimum atomic E-state index is -0.896. The highest BCUT2D eigenvalue weighted by molar-refractivity contribution is 5.90. The highest BCUT2D eigenvalue weighted by Crippen LogP contribution is 2.44. The largest absolute Gasteiger partial charge is 0.478 e. The van der Waals surface area contributed by atoms with Gasteiger partial charge in [0, 0.05) is 50.1 Å². The van der Waals surface area contributed by atoms with E-state index in [4.69, 9.17) is 4.74 Å². The van der Waals surface area contributed by atoms with Crippen LogP contribution in [0.15, 0.2) is 12.4 Å². The summed E-state index contributed by atoms with van der Waals surface area (Å²) in [4.78, 5) is 51.2. The summed E-state index contributed by atoms with van der Waals surface area (Å²) in [7, 11) is 1.40. The maximum absolute atomic E-state index is 12.1. The quantitative estimate of drug-likeness (QED) is 0.350. The molecular weight excluding hydrogens is 604 g/mol. The summed E-state index contributed by atoms with van der Waals surface area (Å²) in [5, 5.41) is 24.0. The van der Waals surface area contributed by atoms with E-state index in [1.807, 2.05) is 46.9 Å². The number of ether oxygens (including phenoxy) is 1. The number of carbonyl (C=O) groups excluding carboxylic acids is 3. The number of urea groups is 2. The Bertz CT molecular complexity index is 1430. The number of carbonyl (C=O) groups is 4. The minimum absolute atomic E-state index is 0.00146. The zero-order chi connectivity index (χ0) is 33.8.